The summed E-state index contributed by atoms with van der Waals surface area (Å²) in [4.78, 5) is 26.1. The van der Waals surface area contributed by atoms with E-state index in [1.807, 2.05) is 37.3 Å². The molecule has 88 valence electrons. The van der Waals surface area contributed by atoms with Gasteiger partial charge in [0.25, 0.3) is 0 Å². The summed E-state index contributed by atoms with van der Waals surface area (Å²) in [5, 5.41) is 4.74. The topological polar surface area (TPSA) is 70.6 Å². The van der Waals surface area contributed by atoms with Crippen LogP contribution in [0.2, 0.25) is 0 Å². The first kappa shape index (κ1) is 11.3. The smallest absolute Gasteiger partial charge is 0.288 e. The van der Waals surface area contributed by atoms with E-state index in [1.165, 1.54) is 5.56 Å². The zero-order valence-electron chi connectivity index (χ0n) is 9.43. The van der Waals surface area contributed by atoms with Gasteiger partial charge in [-0.3, -0.25) is 20.2 Å². The van der Waals surface area contributed by atoms with Crippen LogP contribution in [0.5, 0.6) is 0 Å². The van der Waals surface area contributed by atoms with Crippen LogP contribution in [0.1, 0.15) is 12.5 Å². The maximum Gasteiger partial charge on any atom is 0.316 e. The minimum absolute atomic E-state index is 0.00824. The summed E-state index contributed by atoms with van der Waals surface area (Å²) >= 11 is 0. The minimum atomic E-state index is -0.657. The second-order valence-corrected chi connectivity index (χ2v) is 3.92. The van der Waals surface area contributed by atoms with E-state index in [9.17, 15) is 9.59 Å². The summed E-state index contributed by atoms with van der Waals surface area (Å²) in [6.07, 6.45) is 0.760. The highest BCUT2D eigenvalue weighted by atomic mass is 16.2. The first-order valence-electron chi connectivity index (χ1n) is 5.39. The van der Waals surface area contributed by atoms with Crippen molar-refractivity contribution in [2.45, 2.75) is 19.4 Å². The molecule has 0 aromatic heterocycles. The molecule has 1 atom stereocenters. The van der Waals surface area contributed by atoms with Crippen molar-refractivity contribution in [1.82, 2.24) is 10.6 Å². The first-order valence-corrected chi connectivity index (χ1v) is 5.39. The number of aliphatic imine (C=N–C) groups is 1. The van der Waals surface area contributed by atoms with E-state index >= 15 is 0 Å². The molecule has 2 N–H and O–H groups in total. The molecule has 2 rings (SSSR count). The minimum Gasteiger partial charge on any atom is -0.288 e. The standard InChI is InChI=1S/C12H13N3O2/c1-8(7-9-5-3-2-4-6-9)13-12-14-10(16)11(17)15-12/h2-6,8H,7H2,1H3,(H2,13,14,15,16,17). The zero-order valence-corrected chi connectivity index (χ0v) is 9.43. The summed E-state index contributed by atoms with van der Waals surface area (Å²) in [6, 6.07) is 9.91. The summed E-state index contributed by atoms with van der Waals surface area (Å²) in [5.74, 6) is -1.07. The Morgan fingerprint density at radius 2 is 1.71 bits per heavy atom. The number of hydrogen-bond donors (Lipinski definition) is 2. The van der Waals surface area contributed by atoms with E-state index < -0.39 is 11.8 Å². The number of carbonyl (C=O) groups excluding carboxylic acids is 2. The molecule has 0 spiro atoms. The van der Waals surface area contributed by atoms with E-state index in [4.69, 9.17) is 0 Å². The van der Waals surface area contributed by atoms with Crippen LogP contribution in [0, 0.1) is 0 Å². The van der Waals surface area contributed by atoms with Crippen molar-refractivity contribution in [1.29, 1.82) is 0 Å². The van der Waals surface area contributed by atoms with Gasteiger partial charge in [0.2, 0.25) is 5.96 Å². The van der Waals surface area contributed by atoms with Gasteiger partial charge in [0.15, 0.2) is 0 Å². The maximum atomic E-state index is 10.9. The van der Waals surface area contributed by atoms with E-state index in [2.05, 4.69) is 15.6 Å². The van der Waals surface area contributed by atoms with Crippen LogP contribution >= 0.6 is 0 Å². The maximum absolute atomic E-state index is 10.9. The van der Waals surface area contributed by atoms with Crippen LogP contribution < -0.4 is 10.6 Å². The lowest BCUT2D eigenvalue weighted by molar-refractivity contribution is -0.135. The molecular formula is C12H13N3O2. The largest absolute Gasteiger partial charge is 0.316 e. The molecular weight excluding hydrogens is 218 g/mol. The fraction of sp³-hybridized carbons (Fsp3) is 0.250. The fourth-order valence-electron chi connectivity index (χ4n) is 1.65. The van der Waals surface area contributed by atoms with E-state index in [0.29, 0.717) is 0 Å². The Morgan fingerprint density at radius 1 is 1.12 bits per heavy atom. The van der Waals surface area contributed by atoms with Crippen molar-refractivity contribution in [2.75, 3.05) is 0 Å². The molecule has 1 aliphatic rings. The van der Waals surface area contributed by atoms with Gasteiger partial charge in [0.1, 0.15) is 0 Å². The Kier molecular flexibility index (Phi) is 3.18. The number of rotatable bonds is 3. The number of nitrogens with one attached hydrogen (secondary N) is 2. The molecule has 1 aromatic rings. The Balaban J connectivity index is 1.98. The normalized spacial score (nSPS) is 16.4. The monoisotopic (exact) mass is 231 g/mol. The Bertz CT molecular complexity index is 450. The Labute approximate surface area is 98.9 Å². The van der Waals surface area contributed by atoms with Gasteiger partial charge < -0.3 is 0 Å². The molecule has 5 heteroatoms. The molecule has 0 saturated carbocycles. The molecule has 1 saturated heterocycles. The highest BCUT2D eigenvalue weighted by Crippen LogP contribution is 2.05. The molecule has 17 heavy (non-hydrogen) atoms. The second kappa shape index (κ2) is 4.78. The predicted molar refractivity (Wildman–Crippen MR) is 63.3 cm³/mol. The Hall–Kier alpha value is -2.17. The van der Waals surface area contributed by atoms with Crippen molar-refractivity contribution in [3.05, 3.63) is 35.9 Å². The van der Waals surface area contributed by atoms with Crippen molar-refractivity contribution in [3.63, 3.8) is 0 Å². The third kappa shape index (κ3) is 2.90. The van der Waals surface area contributed by atoms with Gasteiger partial charge in [-0.15, -0.1) is 0 Å². The fourth-order valence-corrected chi connectivity index (χ4v) is 1.65. The first-order chi connectivity index (χ1) is 8.15. The molecule has 1 aliphatic heterocycles. The van der Waals surface area contributed by atoms with Crippen molar-refractivity contribution >= 4 is 17.8 Å². The highest BCUT2D eigenvalue weighted by Gasteiger charge is 2.25. The van der Waals surface area contributed by atoms with Crippen LogP contribution in [-0.4, -0.2) is 23.8 Å². The van der Waals surface area contributed by atoms with Gasteiger partial charge >= 0.3 is 11.8 Å². The summed E-state index contributed by atoms with van der Waals surface area (Å²) < 4.78 is 0. The van der Waals surface area contributed by atoms with Crippen molar-refractivity contribution in [2.24, 2.45) is 4.99 Å². The van der Waals surface area contributed by atoms with Gasteiger partial charge in [-0.2, -0.15) is 0 Å². The van der Waals surface area contributed by atoms with Crippen LogP contribution in [0.25, 0.3) is 0 Å². The Morgan fingerprint density at radius 3 is 2.29 bits per heavy atom. The lowest BCUT2D eigenvalue weighted by atomic mass is 10.1. The molecule has 0 radical (unpaired) electrons. The SMILES string of the molecule is CC(Cc1ccccc1)N=C1NC(=O)C(=O)N1. The number of carbonyl (C=O) groups is 2. The average Bonchev–Trinajstić information content (AvgIpc) is 2.59. The molecule has 1 aromatic carbocycles. The second-order valence-electron chi connectivity index (χ2n) is 3.92. The lowest BCUT2D eigenvalue weighted by Gasteiger charge is -2.07. The predicted octanol–water partition coefficient (Wildman–Crippen LogP) is 0.220. The number of guanidine groups is 1. The van der Waals surface area contributed by atoms with Crippen molar-refractivity contribution in [3.8, 4) is 0 Å². The number of hydrogen-bond acceptors (Lipinski definition) is 3. The van der Waals surface area contributed by atoms with Gasteiger partial charge in [0, 0.05) is 0 Å². The van der Waals surface area contributed by atoms with Crippen LogP contribution in [-0.2, 0) is 16.0 Å². The number of amides is 2. The van der Waals surface area contributed by atoms with E-state index in [1.54, 1.807) is 0 Å². The van der Waals surface area contributed by atoms with Gasteiger partial charge in [-0.1, -0.05) is 30.3 Å². The van der Waals surface area contributed by atoms with E-state index in [-0.39, 0.29) is 12.0 Å². The molecule has 1 unspecified atom stereocenters. The summed E-state index contributed by atoms with van der Waals surface area (Å²) in [7, 11) is 0. The number of benzene rings is 1. The lowest BCUT2D eigenvalue weighted by Crippen LogP contribution is -2.27. The number of nitrogens with zero attached hydrogens (tertiary/aromatic N) is 1. The van der Waals surface area contributed by atoms with Gasteiger partial charge in [-0.05, 0) is 18.9 Å². The van der Waals surface area contributed by atoms with Crippen molar-refractivity contribution < 1.29 is 9.59 Å². The quantitative estimate of drug-likeness (QED) is 0.730. The van der Waals surface area contributed by atoms with Gasteiger partial charge in [0.05, 0.1) is 6.04 Å². The highest BCUT2D eigenvalue weighted by molar-refractivity contribution is 6.45. The third-order valence-corrected chi connectivity index (χ3v) is 2.39. The molecule has 2 amide bonds. The van der Waals surface area contributed by atoms with Crippen LogP contribution in [0.15, 0.2) is 35.3 Å². The third-order valence-electron chi connectivity index (χ3n) is 2.39. The van der Waals surface area contributed by atoms with Crippen LogP contribution in [0.4, 0.5) is 0 Å². The van der Waals surface area contributed by atoms with E-state index in [0.717, 1.165) is 6.42 Å². The summed E-state index contributed by atoms with van der Waals surface area (Å²) in [6.45, 7) is 1.93. The summed E-state index contributed by atoms with van der Waals surface area (Å²) in [5.41, 5.74) is 1.17. The average molecular weight is 231 g/mol. The molecule has 0 aliphatic carbocycles. The zero-order chi connectivity index (χ0) is 12.3. The molecule has 5 nitrogen and oxygen atoms in total. The van der Waals surface area contributed by atoms with Gasteiger partial charge in [-0.25, -0.2) is 4.99 Å². The molecule has 0 bridgehead atoms. The molecule has 1 fully saturated rings. The van der Waals surface area contributed by atoms with Crippen LogP contribution in [0.3, 0.4) is 0 Å². The molecule has 1 heterocycles.